The van der Waals surface area contributed by atoms with Crippen LogP contribution in [0.2, 0.25) is 0 Å². The van der Waals surface area contributed by atoms with E-state index >= 15 is 0 Å². The minimum atomic E-state index is -0.128. The summed E-state index contributed by atoms with van der Waals surface area (Å²) in [7, 11) is 1.61. The summed E-state index contributed by atoms with van der Waals surface area (Å²) < 4.78 is 5.69. The molecule has 0 atom stereocenters. The molecule has 0 aromatic rings. The molecule has 0 aromatic heterocycles. The van der Waals surface area contributed by atoms with Gasteiger partial charge < -0.3 is 20.7 Å². The fourth-order valence-electron chi connectivity index (χ4n) is 1.57. The Morgan fingerprint density at radius 2 is 2.20 bits per heavy atom. The molecule has 15 heavy (non-hydrogen) atoms. The van der Waals surface area contributed by atoms with E-state index in [0.29, 0.717) is 12.6 Å². The van der Waals surface area contributed by atoms with Gasteiger partial charge in [0.15, 0.2) is 0 Å². The van der Waals surface area contributed by atoms with Crippen LogP contribution in [0, 0.1) is 0 Å². The van der Waals surface area contributed by atoms with Crippen LogP contribution in [0.3, 0.4) is 0 Å². The van der Waals surface area contributed by atoms with Crippen molar-refractivity contribution in [3.8, 4) is 0 Å². The summed E-state index contributed by atoms with van der Waals surface area (Å²) >= 11 is 0. The molecule has 0 saturated carbocycles. The van der Waals surface area contributed by atoms with Crippen molar-refractivity contribution >= 4 is 6.03 Å². The van der Waals surface area contributed by atoms with E-state index in [-0.39, 0.29) is 6.03 Å². The number of carbonyl (C=O) groups is 1. The predicted octanol–water partition coefficient (Wildman–Crippen LogP) is 0.0741. The number of nitrogens with one attached hydrogen (secondary N) is 3. The van der Waals surface area contributed by atoms with Crippen molar-refractivity contribution in [2.75, 3.05) is 33.3 Å². The lowest BCUT2D eigenvalue weighted by Gasteiger charge is -2.22. The third-order valence-electron chi connectivity index (χ3n) is 2.47. The van der Waals surface area contributed by atoms with Crippen molar-refractivity contribution in [3.63, 3.8) is 0 Å². The molecule has 1 fully saturated rings. The van der Waals surface area contributed by atoms with Gasteiger partial charge in [0.05, 0.1) is 6.10 Å². The number of rotatable bonds is 5. The fourth-order valence-corrected chi connectivity index (χ4v) is 1.57. The Kier molecular flexibility index (Phi) is 6.11. The van der Waals surface area contributed by atoms with Crippen molar-refractivity contribution < 1.29 is 9.53 Å². The minimum absolute atomic E-state index is 0.128. The Morgan fingerprint density at radius 1 is 1.47 bits per heavy atom. The van der Waals surface area contributed by atoms with Crippen LogP contribution < -0.4 is 16.0 Å². The maximum atomic E-state index is 10.8. The Hall–Kier alpha value is -0.810. The van der Waals surface area contributed by atoms with E-state index in [2.05, 4.69) is 16.0 Å². The molecule has 0 aliphatic carbocycles. The zero-order valence-corrected chi connectivity index (χ0v) is 9.34. The van der Waals surface area contributed by atoms with Crippen LogP contribution in [0.4, 0.5) is 4.79 Å². The molecule has 3 N–H and O–H groups in total. The SMILES string of the molecule is CNC(=O)NCCCOC1CCNCC1. The lowest BCUT2D eigenvalue weighted by molar-refractivity contribution is 0.0320. The first-order valence-electron chi connectivity index (χ1n) is 5.61. The van der Waals surface area contributed by atoms with Crippen LogP contribution in [0.5, 0.6) is 0 Å². The lowest BCUT2D eigenvalue weighted by Crippen LogP contribution is -2.35. The second-order valence-electron chi connectivity index (χ2n) is 3.68. The molecular formula is C10H21N3O2. The predicted molar refractivity (Wildman–Crippen MR) is 58.9 cm³/mol. The minimum Gasteiger partial charge on any atom is -0.378 e. The zero-order chi connectivity index (χ0) is 10.9. The standard InChI is InChI=1S/C10H21N3O2/c1-11-10(14)13-5-2-8-15-9-3-6-12-7-4-9/h9,12H,2-8H2,1H3,(H2,11,13,14). The molecular weight excluding hydrogens is 194 g/mol. The van der Waals surface area contributed by atoms with Gasteiger partial charge in [-0.05, 0) is 32.4 Å². The molecule has 1 heterocycles. The molecule has 0 aromatic carbocycles. The van der Waals surface area contributed by atoms with E-state index in [1.54, 1.807) is 7.05 Å². The van der Waals surface area contributed by atoms with Crippen LogP contribution in [-0.4, -0.2) is 45.4 Å². The number of ether oxygens (including phenoxy) is 1. The molecule has 5 nitrogen and oxygen atoms in total. The van der Waals surface area contributed by atoms with Crippen LogP contribution in [0.15, 0.2) is 0 Å². The van der Waals surface area contributed by atoms with Gasteiger partial charge in [0.2, 0.25) is 0 Å². The van der Waals surface area contributed by atoms with Gasteiger partial charge in [0.25, 0.3) is 0 Å². The molecule has 1 aliphatic rings. The Bertz CT molecular complexity index is 182. The molecule has 88 valence electrons. The number of urea groups is 1. The largest absolute Gasteiger partial charge is 0.378 e. The van der Waals surface area contributed by atoms with Gasteiger partial charge >= 0.3 is 6.03 Å². The number of piperidine rings is 1. The lowest BCUT2D eigenvalue weighted by atomic mass is 10.1. The van der Waals surface area contributed by atoms with E-state index in [1.165, 1.54) is 0 Å². The maximum absolute atomic E-state index is 10.8. The van der Waals surface area contributed by atoms with Crippen molar-refractivity contribution in [2.24, 2.45) is 0 Å². The molecule has 0 radical (unpaired) electrons. The quantitative estimate of drug-likeness (QED) is 0.569. The first-order valence-corrected chi connectivity index (χ1v) is 5.61. The summed E-state index contributed by atoms with van der Waals surface area (Å²) in [6.07, 6.45) is 3.48. The average Bonchev–Trinajstić information content (AvgIpc) is 2.29. The van der Waals surface area contributed by atoms with Crippen LogP contribution in [-0.2, 0) is 4.74 Å². The third-order valence-corrected chi connectivity index (χ3v) is 2.47. The zero-order valence-electron chi connectivity index (χ0n) is 9.34. The highest BCUT2D eigenvalue weighted by molar-refractivity contribution is 5.73. The van der Waals surface area contributed by atoms with E-state index in [9.17, 15) is 4.79 Å². The van der Waals surface area contributed by atoms with Gasteiger partial charge in [-0.1, -0.05) is 0 Å². The van der Waals surface area contributed by atoms with Crippen LogP contribution >= 0.6 is 0 Å². The number of hydrogen-bond donors (Lipinski definition) is 3. The van der Waals surface area contributed by atoms with E-state index in [1.807, 2.05) is 0 Å². The summed E-state index contributed by atoms with van der Waals surface area (Å²) in [5.74, 6) is 0. The van der Waals surface area contributed by atoms with Gasteiger partial charge in [0.1, 0.15) is 0 Å². The first-order chi connectivity index (χ1) is 7.33. The van der Waals surface area contributed by atoms with Gasteiger partial charge in [-0.25, -0.2) is 4.79 Å². The number of amides is 2. The van der Waals surface area contributed by atoms with Gasteiger partial charge in [0, 0.05) is 20.2 Å². The van der Waals surface area contributed by atoms with E-state index < -0.39 is 0 Å². The molecule has 0 spiro atoms. The number of carbonyl (C=O) groups excluding carboxylic acids is 1. The van der Waals surface area contributed by atoms with Gasteiger partial charge in [-0.2, -0.15) is 0 Å². The summed E-state index contributed by atoms with van der Waals surface area (Å²) in [5.41, 5.74) is 0. The maximum Gasteiger partial charge on any atom is 0.314 e. The van der Waals surface area contributed by atoms with Crippen molar-refractivity contribution in [2.45, 2.75) is 25.4 Å². The molecule has 2 amide bonds. The molecule has 5 heteroatoms. The van der Waals surface area contributed by atoms with Crippen molar-refractivity contribution in [1.29, 1.82) is 0 Å². The van der Waals surface area contributed by atoms with Crippen LogP contribution in [0.1, 0.15) is 19.3 Å². The normalized spacial score (nSPS) is 17.4. The second kappa shape index (κ2) is 7.48. The van der Waals surface area contributed by atoms with Crippen molar-refractivity contribution in [1.82, 2.24) is 16.0 Å². The molecule has 1 rings (SSSR count). The highest BCUT2D eigenvalue weighted by atomic mass is 16.5. The number of hydrogen-bond acceptors (Lipinski definition) is 3. The molecule has 0 unspecified atom stereocenters. The molecule has 0 bridgehead atoms. The Labute approximate surface area is 90.9 Å². The Balaban J connectivity index is 1.89. The molecule has 1 saturated heterocycles. The van der Waals surface area contributed by atoms with Gasteiger partial charge in [-0.15, -0.1) is 0 Å². The fraction of sp³-hybridized carbons (Fsp3) is 0.900. The summed E-state index contributed by atoms with van der Waals surface area (Å²) in [4.78, 5) is 10.8. The topological polar surface area (TPSA) is 62.4 Å². The van der Waals surface area contributed by atoms with Gasteiger partial charge in [-0.3, -0.25) is 0 Å². The summed E-state index contributed by atoms with van der Waals surface area (Å²) in [6.45, 7) is 3.52. The first kappa shape index (κ1) is 12.3. The van der Waals surface area contributed by atoms with E-state index in [0.717, 1.165) is 39.0 Å². The Morgan fingerprint density at radius 3 is 2.87 bits per heavy atom. The van der Waals surface area contributed by atoms with E-state index in [4.69, 9.17) is 4.74 Å². The third kappa shape index (κ3) is 5.59. The monoisotopic (exact) mass is 215 g/mol. The highest BCUT2D eigenvalue weighted by Crippen LogP contribution is 2.06. The van der Waals surface area contributed by atoms with Crippen molar-refractivity contribution in [3.05, 3.63) is 0 Å². The second-order valence-corrected chi connectivity index (χ2v) is 3.68. The highest BCUT2D eigenvalue weighted by Gasteiger charge is 2.12. The molecule has 1 aliphatic heterocycles. The average molecular weight is 215 g/mol. The summed E-state index contributed by atoms with van der Waals surface area (Å²) in [6, 6.07) is -0.128. The summed E-state index contributed by atoms with van der Waals surface area (Å²) in [5, 5.41) is 8.53. The smallest absolute Gasteiger partial charge is 0.314 e. The van der Waals surface area contributed by atoms with Crippen LogP contribution in [0.25, 0.3) is 0 Å².